The SMILES string of the molecule is C[C@H]1CC[C@H](c2ccc3sc([C@@H](C)CN(C)C)nc3c2)N(C(=O)C(=O)Nc2cncc3c(N)nccc23)C1. The fraction of sp³-hybridized carbons (Fsp3) is 0.393. The van der Waals surface area contributed by atoms with Crippen molar-refractivity contribution in [2.24, 2.45) is 5.92 Å². The van der Waals surface area contributed by atoms with Crippen LogP contribution >= 0.6 is 11.3 Å². The van der Waals surface area contributed by atoms with Crippen LogP contribution in [-0.2, 0) is 9.59 Å². The number of rotatable bonds is 5. The molecule has 1 aliphatic rings. The normalized spacial score (nSPS) is 18.7. The quantitative estimate of drug-likeness (QED) is 0.366. The molecule has 9 nitrogen and oxygen atoms in total. The highest BCUT2D eigenvalue weighted by molar-refractivity contribution is 7.18. The molecule has 0 bridgehead atoms. The molecule has 0 spiro atoms. The number of aromatic nitrogens is 3. The van der Waals surface area contributed by atoms with E-state index in [1.54, 1.807) is 34.7 Å². The summed E-state index contributed by atoms with van der Waals surface area (Å²) < 4.78 is 1.13. The lowest BCUT2D eigenvalue weighted by atomic mass is 9.89. The fourth-order valence-corrected chi connectivity index (χ4v) is 6.24. The zero-order valence-corrected chi connectivity index (χ0v) is 23.0. The molecule has 0 saturated carbocycles. The van der Waals surface area contributed by atoms with Gasteiger partial charge in [-0.1, -0.05) is 19.9 Å². The summed E-state index contributed by atoms with van der Waals surface area (Å²) in [5.41, 5.74) is 8.34. The van der Waals surface area contributed by atoms with Gasteiger partial charge in [0.05, 0.1) is 33.2 Å². The van der Waals surface area contributed by atoms with E-state index in [0.29, 0.717) is 40.7 Å². The Balaban J connectivity index is 1.40. The molecule has 4 aromatic rings. The molecule has 0 radical (unpaired) electrons. The molecule has 38 heavy (non-hydrogen) atoms. The summed E-state index contributed by atoms with van der Waals surface area (Å²) in [6, 6.07) is 7.81. The first-order valence-electron chi connectivity index (χ1n) is 12.9. The Hall–Kier alpha value is -3.63. The van der Waals surface area contributed by atoms with Gasteiger partial charge in [0.15, 0.2) is 0 Å². The highest BCUT2D eigenvalue weighted by Crippen LogP contribution is 2.36. The van der Waals surface area contributed by atoms with Crippen molar-refractivity contribution in [3.63, 3.8) is 0 Å². The van der Waals surface area contributed by atoms with Crippen molar-refractivity contribution in [3.05, 3.63) is 53.4 Å². The Kier molecular flexibility index (Phi) is 7.27. The van der Waals surface area contributed by atoms with E-state index in [1.807, 2.05) is 0 Å². The third kappa shape index (κ3) is 5.19. The zero-order valence-electron chi connectivity index (χ0n) is 22.1. The van der Waals surface area contributed by atoms with Crippen LogP contribution in [-0.4, -0.2) is 63.8 Å². The number of fused-ring (bicyclic) bond motifs is 2. The molecule has 3 aromatic heterocycles. The number of anilines is 2. The number of benzene rings is 1. The number of piperidine rings is 1. The lowest BCUT2D eigenvalue weighted by Gasteiger charge is -2.38. The van der Waals surface area contributed by atoms with Crippen LogP contribution in [0, 0.1) is 5.92 Å². The van der Waals surface area contributed by atoms with Crippen LogP contribution in [0.2, 0.25) is 0 Å². The van der Waals surface area contributed by atoms with Crippen molar-refractivity contribution in [1.29, 1.82) is 0 Å². The monoisotopic (exact) mass is 531 g/mol. The minimum atomic E-state index is -0.691. The Labute approximate surface area is 226 Å². The number of nitrogens with two attached hydrogens (primary N) is 1. The summed E-state index contributed by atoms with van der Waals surface area (Å²) in [4.78, 5) is 43.8. The van der Waals surface area contributed by atoms with E-state index < -0.39 is 11.8 Å². The van der Waals surface area contributed by atoms with Crippen molar-refractivity contribution in [1.82, 2.24) is 24.8 Å². The molecule has 1 aromatic carbocycles. The average molecular weight is 532 g/mol. The minimum Gasteiger partial charge on any atom is -0.383 e. The van der Waals surface area contributed by atoms with Crippen molar-refractivity contribution >= 4 is 55.6 Å². The highest BCUT2D eigenvalue weighted by Gasteiger charge is 2.34. The number of hydrogen-bond acceptors (Lipinski definition) is 8. The second-order valence-electron chi connectivity index (χ2n) is 10.5. The van der Waals surface area contributed by atoms with Gasteiger partial charge < -0.3 is 20.9 Å². The molecule has 4 heterocycles. The number of thiazole rings is 1. The first-order valence-corrected chi connectivity index (χ1v) is 13.7. The van der Waals surface area contributed by atoms with E-state index >= 15 is 0 Å². The summed E-state index contributed by atoms with van der Waals surface area (Å²) in [6.07, 6.45) is 6.46. The molecule has 0 unspecified atom stereocenters. The summed E-state index contributed by atoms with van der Waals surface area (Å²) in [5.74, 6) is -0.297. The summed E-state index contributed by atoms with van der Waals surface area (Å²) in [5, 5.41) is 5.18. The van der Waals surface area contributed by atoms with Crippen LogP contribution in [0.15, 0.2) is 42.9 Å². The largest absolute Gasteiger partial charge is 0.383 e. The maximum atomic E-state index is 13.5. The molecule has 1 aliphatic heterocycles. The number of carbonyl (C=O) groups is 2. The van der Waals surface area contributed by atoms with Gasteiger partial charge in [-0.2, -0.15) is 0 Å². The number of hydrogen-bond donors (Lipinski definition) is 2. The van der Waals surface area contributed by atoms with Crippen molar-refractivity contribution < 1.29 is 9.59 Å². The molecule has 0 aliphatic carbocycles. The van der Waals surface area contributed by atoms with Crippen LogP contribution in [0.25, 0.3) is 21.0 Å². The number of likely N-dealkylation sites (tertiary alicyclic amines) is 1. The highest BCUT2D eigenvalue weighted by atomic mass is 32.1. The number of pyridine rings is 2. The van der Waals surface area contributed by atoms with Gasteiger partial charge in [0.25, 0.3) is 0 Å². The van der Waals surface area contributed by atoms with Gasteiger partial charge in [-0.3, -0.25) is 14.6 Å². The summed E-state index contributed by atoms with van der Waals surface area (Å²) in [7, 11) is 4.13. The molecule has 1 fully saturated rings. The van der Waals surface area contributed by atoms with Gasteiger partial charge in [0.1, 0.15) is 5.82 Å². The lowest BCUT2D eigenvalue weighted by Crippen LogP contribution is -2.46. The zero-order chi connectivity index (χ0) is 27.0. The van der Waals surface area contributed by atoms with E-state index in [0.717, 1.165) is 40.2 Å². The van der Waals surface area contributed by atoms with E-state index in [4.69, 9.17) is 10.7 Å². The Bertz CT molecular complexity index is 1500. The van der Waals surface area contributed by atoms with Crippen molar-refractivity contribution in [2.75, 3.05) is 38.2 Å². The van der Waals surface area contributed by atoms with E-state index in [1.165, 1.54) is 6.20 Å². The number of carbonyl (C=O) groups excluding carboxylic acids is 2. The van der Waals surface area contributed by atoms with Crippen molar-refractivity contribution in [3.8, 4) is 0 Å². The van der Waals surface area contributed by atoms with Gasteiger partial charge in [0.2, 0.25) is 0 Å². The van der Waals surface area contributed by atoms with Gasteiger partial charge in [-0.15, -0.1) is 11.3 Å². The number of likely N-dealkylation sites (N-methyl/N-ethyl adjacent to an activating group) is 1. The molecule has 5 rings (SSSR count). The maximum absolute atomic E-state index is 13.5. The molecule has 3 N–H and O–H groups in total. The predicted octanol–water partition coefficient (Wildman–Crippen LogP) is 4.43. The molecule has 1 saturated heterocycles. The molecule has 3 atom stereocenters. The second kappa shape index (κ2) is 10.6. The lowest BCUT2D eigenvalue weighted by molar-refractivity contribution is -0.146. The van der Waals surface area contributed by atoms with Crippen LogP contribution in [0.1, 0.15) is 49.2 Å². The topological polar surface area (TPSA) is 117 Å². The molecular formula is C28H33N7O2S. The second-order valence-corrected chi connectivity index (χ2v) is 11.6. The average Bonchev–Trinajstić information content (AvgIpc) is 3.32. The van der Waals surface area contributed by atoms with E-state index in [9.17, 15) is 9.59 Å². The third-order valence-corrected chi connectivity index (χ3v) is 8.38. The number of nitrogen functional groups attached to an aromatic ring is 1. The Morgan fingerprint density at radius 3 is 2.82 bits per heavy atom. The molecule has 2 amide bonds. The maximum Gasteiger partial charge on any atom is 0.313 e. The molecular weight excluding hydrogens is 498 g/mol. The van der Waals surface area contributed by atoms with Crippen LogP contribution in [0.5, 0.6) is 0 Å². The van der Waals surface area contributed by atoms with Crippen LogP contribution in [0.3, 0.4) is 0 Å². The van der Waals surface area contributed by atoms with Gasteiger partial charge in [0, 0.05) is 42.2 Å². The predicted molar refractivity (Wildman–Crippen MR) is 152 cm³/mol. The number of nitrogens with one attached hydrogen (secondary N) is 1. The smallest absolute Gasteiger partial charge is 0.313 e. The summed E-state index contributed by atoms with van der Waals surface area (Å²) in [6.45, 7) is 5.75. The summed E-state index contributed by atoms with van der Waals surface area (Å²) >= 11 is 1.72. The van der Waals surface area contributed by atoms with Gasteiger partial charge in [-0.25, -0.2) is 9.97 Å². The molecule has 198 valence electrons. The van der Waals surface area contributed by atoms with Crippen molar-refractivity contribution in [2.45, 2.75) is 38.6 Å². The van der Waals surface area contributed by atoms with Gasteiger partial charge >= 0.3 is 11.8 Å². The Morgan fingerprint density at radius 2 is 2.03 bits per heavy atom. The first kappa shape index (κ1) is 26.0. The number of amides is 2. The fourth-order valence-electron chi connectivity index (χ4n) is 5.25. The van der Waals surface area contributed by atoms with E-state index in [2.05, 4.69) is 66.3 Å². The van der Waals surface area contributed by atoms with Crippen LogP contribution in [0.4, 0.5) is 11.5 Å². The Morgan fingerprint density at radius 1 is 1.21 bits per heavy atom. The third-order valence-electron chi connectivity index (χ3n) is 7.11. The van der Waals surface area contributed by atoms with Crippen LogP contribution < -0.4 is 11.1 Å². The van der Waals surface area contributed by atoms with E-state index in [-0.39, 0.29) is 6.04 Å². The standard InChI is InChI=1S/C28H33N7O2S/c1-16-5-7-23(18-6-8-24-21(11-18)33-27(38-24)17(2)15-34(3)4)35(14-16)28(37)26(36)32-22-13-30-12-20-19(22)9-10-31-25(20)29/h6,8-13,16-17,23H,5,7,14-15H2,1-4H3,(H2,29,31)(H,32,36)/t16-,17-,23+/m0/s1. The molecule has 10 heteroatoms. The van der Waals surface area contributed by atoms with Gasteiger partial charge in [-0.05, 0) is 56.6 Å². The minimum absolute atomic E-state index is 0.191. The first-order chi connectivity index (χ1) is 18.2. The number of nitrogens with zero attached hydrogens (tertiary/aromatic N) is 5.